The Hall–Kier alpha value is -3.90. The van der Waals surface area contributed by atoms with Crippen LogP contribution in [0.2, 0.25) is 0 Å². The van der Waals surface area contributed by atoms with Crippen LogP contribution in [0.25, 0.3) is 54.9 Å². The molecule has 0 atom stereocenters. The van der Waals surface area contributed by atoms with Gasteiger partial charge in [-0.1, -0.05) is 24.3 Å². The van der Waals surface area contributed by atoms with Gasteiger partial charge in [0.1, 0.15) is 11.4 Å². The molecule has 3 N–H and O–H groups in total. The number of rotatable bonds is 3. The lowest BCUT2D eigenvalue weighted by molar-refractivity contribution is 0.475. The third-order valence-electron chi connectivity index (χ3n) is 5.52. The molecule has 4 aromatic heterocycles. The standard InChI is InChI=1S/C25H18N4OS/c1-14-8-9-23(31-14)18-6-3-7-21-19(18)12-22(27-21)24-20-11-16(13-26-25(20)29-28-24)15-4-2-5-17(30)10-15/h2-13,27,30H,1H3,(H,26,28,29). The SMILES string of the molecule is Cc1ccc(-c2cccc3[nH]c(-c4n[nH]c5ncc(-c6cccc(O)c6)cc45)cc23)s1. The van der Waals surface area contributed by atoms with Crippen molar-refractivity contribution in [2.75, 3.05) is 0 Å². The fourth-order valence-corrected chi connectivity index (χ4v) is 4.94. The van der Waals surface area contributed by atoms with Crippen molar-refractivity contribution in [2.24, 2.45) is 0 Å². The molecule has 6 rings (SSSR count). The van der Waals surface area contributed by atoms with E-state index in [0.717, 1.165) is 39.1 Å². The largest absolute Gasteiger partial charge is 0.508 e. The smallest absolute Gasteiger partial charge is 0.155 e. The number of benzene rings is 2. The molecule has 0 spiro atoms. The van der Waals surface area contributed by atoms with Crippen LogP contribution in [0.5, 0.6) is 5.75 Å². The van der Waals surface area contributed by atoms with Gasteiger partial charge in [0.15, 0.2) is 5.65 Å². The van der Waals surface area contributed by atoms with Crippen LogP contribution >= 0.6 is 11.3 Å². The monoisotopic (exact) mass is 422 g/mol. The Morgan fingerprint density at radius 2 is 1.81 bits per heavy atom. The third kappa shape index (κ3) is 3.00. The molecule has 31 heavy (non-hydrogen) atoms. The number of hydrogen-bond donors (Lipinski definition) is 3. The Labute approximate surface area is 182 Å². The van der Waals surface area contributed by atoms with Crippen molar-refractivity contribution < 1.29 is 5.11 Å². The Morgan fingerprint density at radius 1 is 0.903 bits per heavy atom. The minimum Gasteiger partial charge on any atom is -0.508 e. The van der Waals surface area contributed by atoms with Gasteiger partial charge in [-0.3, -0.25) is 5.10 Å². The molecule has 0 aliphatic heterocycles. The first-order chi connectivity index (χ1) is 15.2. The Bertz CT molecular complexity index is 1570. The van der Waals surface area contributed by atoms with E-state index < -0.39 is 0 Å². The van der Waals surface area contributed by atoms with Gasteiger partial charge in [-0.05, 0) is 55.0 Å². The molecule has 0 aliphatic rings. The minimum atomic E-state index is 0.233. The van der Waals surface area contributed by atoms with E-state index in [1.807, 2.05) is 12.1 Å². The van der Waals surface area contributed by atoms with E-state index in [9.17, 15) is 5.11 Å². The molecule has 0 fully saturated rings. The number of aromatic hydroxyl groups is 1. The highest BCUT2D eigenvalue weighted by Gasteiger charge is 2.15. The van der Waals surface area contributed by atoms with E-state index in [1.54, 1.807) is 29.7 Å². The van der Waals surface area contributed by atoms with Crippen LogP contribution in [-0.4, -0.2) is 25.3 Å². The van der Waals surface area contributed by atoms with Gasteiger partial charge in [-0.15, -0.1) is 11.3 Å². The van der Waals surface area contributed by atoms with E-state index in [0.29, 0.717) is 0 Å². The van der Waals surface area contributed by atoms with Crippen molar-refractivity contribution in [2.45, 2.75) is 6.92 Å². The first kappa shape index (κ1) is 17.9. The lowest BCUT2D eigenvalue weighted by Gasteiger charge is -2.02. The third-order valence-corrected chi connectivity index (χ3v) is 6.55. The molecule has 5 nitrogen and oxygen atoms in total. The minimum absolute atomic E-state index is 0.233. The van der Waals surface area contributed by atoms with Crippen LogP contribution in [0.15, 0.2) is 72.9 Å². The molecule has 0 saturated heterocycles. The second-order valence-corrected chi connectivity index (χ2v) is 8.89. The summed E-state index contributed by atoms with van der Waals surface area (Å²) in [6.07, 6.45) is 1.79. The summed E-state index contributed by atoms with van der Waals surface area (Å²) in [7, 11) is 0. The van der Waals surface area contributed by atoms with Crippen molar-refractivity contribution >= 4 is 33.3 Å². The zero-order valence-corrected chi connectivity index (χ0v) is 17.5. The Balaban J connectivity index is 1.51. The topological polar surface area (TPSA) is 77.6 Å². The summed E-state index contributed by atoms with van der Waals surface area (Å²) in [4.78, 5) is 10.6. The maximum atomic E-state index is 9.84. The summed E-state index contributed by atoms with van der Waals surface area (Å²) in [6, 6.07) is 22.1. The quantitative estimate of drug-likeness (QED) is 0.304. The van der Waals surface area contributed by atoms with Gasteiger partial charge < -0.3 is 10.1 Å². The number of phenols is 1. The molecule has 6 aromatic rings. The fraction of sp³-hybridized carbons (Fsp3) is 0.0400. The van der Waals surface area contributed by atoms with Gasteiger partial charge >= 0.3 is 0 Å². The van der Waals surface area contributed by atoms with Crippen molar-refractivity contribution in [1.82, 2.24) is 20.2 Å². The predicted octanol–water partition coefficient (Wildman–Crippen LogP) is 6.52. The molecule has 0 saturated carbocycles. The predicted molar refractivity (Wildman–Crippen MR) is 126 cm³/mol. The summed E-state index contributed by atoms with van der Waals surface area (Å²) in [6.45, 7) is 2.13. The van der Waals surface area contributed by atoms with Gasteiger partial charge in [0.25, 0.3) is 0 Å². The van der Waals surface area contributed by atoms with Crippen LogP contribution in [0.4, 0.5) is 0 Å². The number of nitrogens with zero attached hydrogens (tertiary/aromatic N) is 2. The number of aromatic nitrogens is 4. The Kier molecular flexibility index (Phi) is 3.94. The molecule has 6 heteroatoms. The van der Waals surface area contributed by atoms with Gasteiger partial charge in [-0.2, -0.15) is 5.10 Å². The zero-order valence-electron chi connectivity index (χ0n) is 16.7. The number of H-pyrrole nitrogens is 2. The normalized spacial score (nSPS) is 11.5. The molecule has 0 radical (unpaired) electrons. The van der Waals surface area contributed by atoms with Gasteiger partial charge in [0.05, 0.1) is 5.69 Å². The lowest BCUT2D eigenvalue weighted by Crippen LogP contribution is -1.83. The van der Waals surface area contributed by atoms with Crippen LogP contribution < -0.4 is 0 Å². The maximum absolute atomic E-state index is 9.84. The molecule has 0 amide bonds. The van der Waals surface area contributed by atoms with E-state index in [-0.39, 0.29) is 5.75 Å². The first-order valence-corrected chi connectivity index (χ1v) is 10.8. The van der Waals surface area contributed by atoms with Crippen molar-refractivity contribution in [3.8, 4) is 38.7 Å². The lowest BCUT2D eigenvalue weighted by atomic mass is 10.1. The molecule has 0 bridgehead atoms. The molecule has 150 valence electrons. The van der Waals surface area contributed by atoms with Crippen LogP contribution in [-0.2, 0) is 0 Å². The molecular formula is C25H18N4OS. The maximum Gasteiger partial charge on any atom is 0.155 e. The number of aromatic amines is 2. The highest BCUT2D eigenvalue weighted by molar-refractivity contribution is 7.15. The van der Waals surface area contributed by atoms with E-state index in [2.05, 4.69) is 69.6 Å². The second-order valence-electron chi connectivity index (χ2n) is 7.60. The molecule has 0 aliphatic carbocycles. The number of nitrogens with one attached hydrogen (secondary N) is 2. The second kappa shape index (κ2) is 6.82. The average molecular weight is 423 g/mol. The van der Waals surface area contributed by atoms with E-state index in [4.69, 9.17) is 0 Å². The summed E-state index contributed by atoms with van der Waals surface area (Å²) >= 11 is 1.80. The number of hydrogen-bond acceptors (Lipinski definition) is 4. The fourth-order valence-electron chi connectivity index (χ4n) is 4.03. The summed E-state index contributed by atoms with van der Waals surface area (Å²) in [5, 5.41) is 19.5. The Morgan fingerprint density at radius 3 is 2.65 bits per heavy atom. The van der Waals surface area contributed by atoms with Gasteiger partial charge in [0.2, 0.25) is 0 Å². The number of aryl methyl sites for hydroxylation is 1. The molecular weight excluding hydrogens is 404 g/mol. The molecule has 4 heterocycles. The van der Waals surface area contributed by atoms with Gasteiger partial charge in [0, 0.05) is 43.4 Å². The number of phenolic OH excluding ortho intramolecular Hbond substituents is 1. The number of pyridine rings is 1. The highest BCUT2D eigenvalue weighted by Crippen LogP contribution is 2.37. The zero-order chi connectivity index (χ0) is 20.9. The number of fused-ring (bicyclic) bond motifs is 2. The van der Waals surface area contributed by atoms with Crippen molar-refractivity contribution in [1.29, 1.82) is 0 Å². The van der Waals surface area contributed by atoms with E-state index in [1.165, 1.54) is 20.7 Å². The van der Waals surface area contributed by atoms with Gasteiger partial charge in [-0.25, -0.2) is 4.98 Å². The summed E-state index contributed by atoms with van der Waals surface area (Å²) in [5.41, 5.74) is 6.63. The van der Waals surface area contributed by atoms with Crippen LogP contribution in [0.1, 0.15) is 4.88 Å². The highest BCUT2D eigenvalue weighted by atomic mass is 32.1. The number of thiophene rings is 1. The summed E-state index contributed by atoms with van der Waals surface area (Å²) < 4.78 is 0. The average Bonchev–Trinajstić information content (AvgIpc) is 3.50. The van der Waals surface area contributed by atoms with Crippen LogP contribution in [0.3, 0.4) is 0 Å². The van der Waals surface area contributed by atoms with Crippen molar-refractivity contribution in [3.63, 3.8) is 0 Å². The van der Waals surface area contributed by atoms with Crippen LogP contribution in [0, 0.1) is 6.92 Å². The first-order valence-electron chi connectivity index (χ1n) is 9.98. The summed E-state index contributed by atoms with van der Waals surface area (Å²) in [5.74, 6) is 0.233. The van der Waals surface area contributed by atoms with Crippen molar-refractivity contribution in [3.05, 3.63) is 77.8 Å². The van der Waals surface area contributed by atoms with E-state index >= 15 is 0 Å². The molecule has 2 aromatic carbocycles. The molecule has 0 unspecified atom stereocenters.